The lowest BCUT2D eigenvalue weighted by Gasteiger charge is -2.30. The van der Waals surface area contributed by atoms with Crippen LogP contribution in [0.3, 0.4) is 0 Å². The smallest absolute Gasteiger partial charge is 0.339 e. The van der Waals surface area contributed by atoms with Crippen LogP contribution in [0.4, 0.5) is 0 Å². The predicted molar refractivity (Wildman–Crippen MR) is 103 cm³/mol. The molecule has 0 radical (unpaired) electrons. The fourth-order valence-corrected chi connectivity index (χ4v) is 3.35. The van der Waals surface area contributed by atoms with Crippen molar-refractivity contribution < 1.29 is 23.8 Å². The van der Waals surface area contributed by atoms with Gasteiger partial charge in [-0.05, 0) is 34.1 Å². The lowest BCUT2D eigenvalue weighted by atomic mass is 10.1. The van der Waals surface area contributed by atoms with Crippen molar-refractivity contribution in [3.05, 3.63) is 64.1 Å². The zero-order valence-corrected chi connectivity index (χ0v) is 16.5. The molecule has 1 fully saturated rings. The summed E-state index contributed by atoms with van der Waals surface area (Å²) in [7, 11) is 1.55. The topological polar surface area (TPSA) is 65.1 Å². The number of esters is 1. The number of carbonyl (C=O) groups excluding carboxylic acids is 2. The van der Waals surface area contributed by atoms with Gasteiger partial charge in [0, 0.05) is 18.7 Å². The standard InChI is InChI=1S/C20H20BrNO5/c1-25-17-8-7-15(13-16(17)21)20(24)27-18(14-5-3-2-4-6-14)19(23)22-9-11-26-12-10-22/h2-8,13,18H,9-12H2,1H3. The molecule has 0 aliphatic carbocycles. The van der Waals surface area contributed by atoms with E-state index in [4.69, 9.17) is 14.2 Å². The molecule has 1 heterocycles. The van der Waals surface area contributed by atoms with Crippen molar-refractivity contribution in [1.29, 1.82) is 0 Å². The zero-order chi connectivity index (χ0) is 19.2. The largest absolute Gasteiger partial charge is 0.496 e. The van der Waals surface area contributed by atoms with Crippen molar-refractivity contribution >= 4 is 27.8 Å². The van der Waals surface area contributed by atoms with Crippen LogP contribution in [0.5, 0.6) is 5.75 Å². The zero-order valence-electron chi connectivity index (χ0n) is 14.9. The summed E-state index contributed by atoms with van der Waals surface area (Å²) in [5.41, 5.74) is 0.966. The maximum absolute atomic E-state index is 13.0. The molecule has 27 heavy (non-hydrogen) atoms. The number of methoxy groups -OCH3 is 1. The summed E-state index contributed by atoms with van der Waals surface area (Å²) in [4.78, 5) is 27.4. The highest BCUT2D eigenvalue weighted by atomic mass is 79.9. The van der Waals surface area contributed by atoms with Gasteiger partial charge in [0.25, 0.3) is 5.91 Å². The van der Waals surface area contributed by atoms with E-state index in [0.29, 0.717) is 47.7 Å². The third kappa shape index (κ3) is 4.67. The molecule has 142 valence electrons. The van der Waals surface area contributed by atoms with Crippen LogP contribution in [-0.2, 0) is 14.3 Å². The quantitative estimate of drug-likeness (QED) is 0.677. The Bertz CT molecular complexity index is 805. The molecular formula is C20H20BrNO5. The third-order valence-electron chi connectivity index (χ3n) is 4.26. The maximum Gasteiger partial charge on any atom is 0.339 e. The molecule has 1 unspecified atom stereocenters. The Morgan fingerprint density at radius 2 is 1.81 bits per heavy atom. The van der Waals surface area contributed by atoms with E-state index in [1.807, 2.05) is 18.2 Å². The number of carbonyl (C=O) groups is 2. The van der Waals surface area contributed by atoms with E-state index in [1.165, 1.54) is 0 Å². The van der Waals surface area contributed by atoms with Gasteiger partial charge in [0.1, 0.15) is 5.75 Å². The predicted octanol–water partition coefficient (Wildman–Crippen LogP) is 3.21. The third-order valence-corrected chi connectivity index (χ3v) is 4.88. The molecule has 7 heteroatoms. The van der Waals surface area contributed by atoms with Gasteiger partial charge in [-0.15, -0.1) is 0 Å². The highest BCUT2D eigenvalue weighted by molar-refractivity contribution is 9.10. The first-order valence-electron chi connectivity index (χ1n) is 8.56. The molecule has 1 atom stereocenters. The van der Waals surface area contributed by atoms with Crippen molar-refractivity contribution in [3.8, 4) is 5.75 Å². The molecule has 3 rings (SSSR count). The summed E-state index contributed by atoms with van der Waals surface area (Å²) in [5.74, 6) is -0.213. The highest BCUT2D eigenvalue weighted by Crippen LogP contribution is 2.28. The number of ether oxygens (including phenoxy) is 3. The Kier molecular flexibility index (Phi) is 6.47. The monoisotopic (exact) mass is 433 g/mol. The minimum atomic E-state index is -1.00. The number of halogens is 1. The van der Waals surface area contributed by atoms with E-state index >= 15 is 0 Å². The average molecular weight is 434 g/mol. The van der Waals surface area contributed by atoms with Crippen LogP contribution in [0.25, 0.3) is 0 Å². The first-order chi connectivity index (χ1) is 13.1. The normalized spacial score (nSPS) is 15.1. The fourth-order valence-electron chi connectivity index (χ4n) is 2.81. The van der Waals surface area contributed by atoms with E-state index in [-0.39, 0.29) is 5.91 Å². The number of nitrogens with zero attached hydrogens (tertiary/aromatic N) is 1. The first kappa shape index (κ1) is 19.4. The first-order valence-corrected chi connectivity index (χ1v) is 9.35. The number of rotatable bonds is 5. The van der Waals surface area contributed by atoms with Gasteiger partial charge >= 0.3 is 5.97 Å². The van der Waals surface area contributed by atoms with Crippen LogP contribution in [-0.4, -0.2) is 50.2 Å². The maximum atomic E-state index is 13.0. The van der Waals surface area contributed by atoms with Crippen LogP contribution in [0, 0.1) is 0 Å². The number of hydrogen-bond acceptors (Lipinski definition) is 5. The van der Waals surface area contributed by atoms with Crippen LogP contribution in [0.2, 0.25) is 0 Å². The molecule has 0 aromatic heterocycles. The minimum Gasteiger partial charge on any atom is -0.496 e. The van der Waals surface area contributed by atoms with Crippen molar-refractivity contribution in [2.45, 2.75) is 6.10 Å². The Labute approximate surface area is 166 Å². The number of amides is 1. The van der Waals surface area contributed by atoms with Crippen molar-refractivity contribution in [3.63, 3.8) is 0 Å². The van der Waals surface area contributed by atoms with E-state index in [2.05, 4.69) is 15.9 Å². The van der Waals surface area contributed by atoms with Crippen LogP contribution >= 0.6 is 15.9 Å². The summed E-state index contributed by atoms with van der Waals surface area (Å²) >= 11 is 3.36. The number of morpholine rings is 1. The Balaban J connectivity index is 1.83. The van der Waals surface area contributed by atoms with Gasteiger partial charge in [0.05, 0.1) is 30.4 Å². The second-order valence-corrected chi connectivity index (χ2v) is 6.84. The van der Waals surface area contributed by atoms with Gasteiger partial charge in [0.15, 0.2) is 0 Å². The molecule has 2 aromatic rings. The molecule has 6 nitrogen and oxygen atoms in total. The average Bonchev–Trinajstić information content (AvgIpc) is 2.72. The highest BCUT2D eigenvalue weighted by Gasteiger charge is 2.31. The summed E-state index contributed by atoms with van der Waals surface area (Å²) in [6.07, 6.45) is -1.00. The minimum absolute atomic E-state index is 0.245. The van der Waals surface area contributed by atoms with E-state index in [9.17, 15) is 9.59 Å². The molecule has 1 aliphatic heterocycles. The van der Waals surface area contributed by atoms with Gasteiger partial charge in [-0.25, -0.2) is 4.79 Å². The molecule has 1 amide bonds. The molecular weight excluding hydrogens is 414 g/mol. The van der Waals surface area contributed by atoms with Crippen LogP contribution < -0.4 is 4.74 Å². The van der Waals surface area contributed by atoms with Gasteiger partial charge in [-0.2, -0.15) is 0 Å². The van der Waals surface area contributed by atoms with Gasteiger partial charge in [-0.3, -0.25) is 4.79 Å². The van der Waals surface area contributed by atoms with Crippen LogP contribution in [0.15, 0.2) is 53.0 Å². The molecule has 1 saturated heterocycles. The Morgan fingerprint density at radius 1 is 1.11 bits per heavy atom. The molecule has 0 N–H and O–H groups in total. The van der Waals surface area contributed by atoms with E-state index in [1.54, 1.807) is 42.3 Å². The summed E-state index contributed by atoms with van der Waals surface area (Å²) in [5, 5.41) is 0. The molecule has 1 aliphatic rings. The summed E-state index contributed by atoms with van der Waals surface area (Å²) in [6.45, 7) is 1.92. The van der Waals surface area contributed by atoms with Gasteiger partial charge in [-0.1, -0.05) is 30.3 Å². The van der Waals surface area contributed by atoms with Gasteiger partial charge < -0.3 is 19.1 Å². The molecule has 0 bridgehead atoms. The number of benzene rings is 2. The Hall–Kier alpha value is -2.38. The van der Waals surface area contributed by atoms with E-state index < -0.39 is 12.1 Å². The second-order valence-electron chi connectivity index (χ2n) is 5.98. The fraction of sp³-hybridized carbons (Fsp3) is 0.300. The molecule has 0 saturated carbocycles. The SMILES string of the molecule is COc1ccc(C(=O)OC(C(=O)N2CCOCC2)c2ccccc2)cc1Br. The summed E-state index contributed by atoms with van der Waals surface area (Å²) < 4.78 is 16.7. The lowest BCUT2D eigenvalue weighted by Crippen LogP contribution is -2.44. The van der Waals surface area contributed by atoms with Crippen molar-refractivity contribution in [2.24, 2.45) is 0 Å². The Morgan fingerprint density at radius 3 is 2.44 bits per heavy atom. The van der Waals surface area contributed by atoms with Crippen LogP contribution in [0.1, 0.15) is 22.0 Å². The molecule has 2 aromatic carbocycles. The number of hydrogen-bond donors (Lipinski definition) is 0. The molecule has 0 spiro atoms. The van der Waals surface area contributed by atoms with Gasteiger partial charge in [0.2, 0.25) is 6.10 Å². The lowest BCUT2D eigenvalue weighted by molar-refractivity contribution is -0.145. The summed E-state index contributed by atoms with van der Waals surface area (Å²) in [6, 6.07) is 13.9. The second kappa shape index (κ2) is 9.01. The van der Waals surface area contributed by atoms with Crippen molar-refractivity contribution in [2.75, 3.05) is 33.4 Å². The van der Waals surface area contributed by atoms with Crippen molar-refractivity contribution in [1.82, 2.24) is 4.90 Å². The van der Waals surface area contributed by atoms with E-state index in [0.717, 1.165) is 0 Å².